The van der Waals surface area contributed by atoms with Gasteiger partial charge in [-0.25, -0.2) is 4.98 Å². The van der Waals surface area contributed by atoms with Gasteiger partial charge in [0.05, 0.1) is 17.0 Å². The molecule has 1 aromatic heterocycles. The van der Waals surface area contributed by atoms with Gasteiger partial charge in [0.25, 0.3) is 0 Å². The van der Waals surface area contributed by atoms with E-state index in [0.29, 0.717) is 6.54 Å². The number of aromatic nitrogens is 2. The summed E-state index contributed by atoms with van der Waals surface area (Å²) in [7, 11) is 0. The Hall–Kier alpha value is -1.88. The number of aryl methyl sites for hydroxylation is 1. The number of imidazole rings is 1. The number of fused-ring (bicyclic) bond motifs is 1. The maximum atomic E-state index is 11.7. The molecule has 5 heteroatoms. The van der Waals surface area contributed by atoms with E-state index in [1.165, 1.54) is 0 Å². The van der Waals surface area contributed by atoms with E-state index in [-0.39, 0.29) is 11.8 Å². The number of amides is 1. The molecule has 1 amide bonds. The monoisotopic (exact) mass is 258 g/mol. The van der Waals surface area contributed by atoms with Crippen molar-refractivity contribution in [2.24, 2.45) is 5.92 Å². The lowest BCUT2D eigenvalue weighted by molar-refractivity contribution is -0.126. The lowest BCUT2D eigenvalue weighted by Crippen LogP contribution is -2.51. The highest BCUT2D eigenvalue weighted by molar-refractivity contribution is 5.80. The molecule has 1 fully saturated rings. The minimum atomic E-state index is 0.153. The summed E-state index contributed by atoms with van der Waals surface area (Å²) in [6.07, 6.45) is 0. The van der Waals surface area contributed by atoms with Crippen molar-refractivity contribution in [3.8, 4) is 0 Å². The molecule has 5 nitrogen and oxygen atoms in total. The summed E-state index contributed by atoms with van der Waals surface area (Å²) in [6.45, 7) is 5.02. The minimum Gasteiger partial charge on any atom is -0.354 e. The van der Waals surface area contributed by atoms with Crippen LogP contribution in [0, 0.1) is 12.8 Å². The van der Waals surface area contributed by atoms with Crippen LogP contribution >= 0.6 is 0 Å². The van der Waals surface area contributed by atoms with Gasteiger partial charge >= 0.3 is 0 Å². The van der Waals surface area contributed by atoms with E-state index in [4.69, 9.17) is 0 Å². The molecule has 1 aliphatic rings. The molecule has 0 unspecified atom stereocenters. The number of nitrogens with zero attached hydrogens (tertiary/aromatic N) is 2. The molecule has 1 aromatic carbocycles. The molecule has 2 heterocycles. The summed E-state index contributed by atoms with van der Waals surface area (Å²) in [5.74, 6) is 1.29. The molecule has 19 heavy (non-hydrogen) atoms. The van der Waals surface area contributed by atoms with Crippen LogP contribution in [0.25, 0.3) is 11.0 Å². The fourth-order valence-corrected chi connectivity index (χ4v) is 2.39. The van der Waals surface area contributed by atoms with Gasteiger partial charge < -0.3 is 15.2 Å². The van der Waals surface area contributed by atoms with E-state index in [0.717, 1.165) is 36.5 Å². The van der Waals surface area contributed by atoms with Crippen molar-refractivity contribution in [1.82, 2.24) is 20.2 Å². The third-order valence-corrected chi connectivity index (χ3v) is 3.63. The van der Waals surface area contributed by atoms with Crippen molar-refractivity contribution in [1.29, 1.82) is 0 Å². The summed E-state index contributed by atoms with van der Waals surface area (Å²) < 4.78 is 2.15. The van der Waals surface area contributed by atoms with E-state index < -0.39 is 0 Å². The molecule has 1 saturated heterocycles. The van der Waals surface area contributed by atoms with Gasteiger partial charge in [-0.15, -0.1) is 0 Å². The van der Waals surface area contributed by atoms with E-state index in [1.807, 2.05) is 25.1 Å². The predicted octanol–water partition coefficient (Wildman–Crippen LogP) is 0.680. The third kappa shape index (κ3) is 2.33. The minimum absolute atomic E-state index is 0.153. The summed E-state index contributed by atoms with van der Waals surface area (Å²) in [4.78, 5) is 16.2. The van der Waals surface area contributed by atoms with E-state index >= 15 is 0 Å². The number of hydrogen-bond donors (Lipinski definition) is 2. The van der Waals surface area contributed by atoms with Crippen LogP contribution in [0.3, 0.4) is 0 Å². The quantitative estimate of drug-likeness (QED) is 0.848. The molecule has 0 spiro atoms. The summed E-state index contributed by atoms with van der Waals surface area (Å²) >= 11 is 0. The first-order valence-corrected chi connectivity index (χ1v) is 6.66. The molecule has 2 aromatic rings. The SMILES string of the molecule is Cc1nc2ccccc2n1CCNC(=O)C1CNC1. The average Bonchev–Trinajstić information content (AvgIpc) is 2.64. The maximum Gasteiger partial charge on any atom is 0.225 e. The zero-order valence-electron chi connectivity index (χ0n) is 11.0. The number of benzene rings is 1. The average molecular weight is 258 g/mol. The number of nitrogens with one attached hydrogen (secondary N) is 2. The first-order chi connectivity index (χ1) is 9.25. The van der Waals surface area contributed by atoms with Crippen LogP contribution in [-0.2, 0) is 11.3 Å². The Kier molecular flexibility index (Phi) is 3.21. The number of rotatable bonds is 4. The zero-order chi connectivity index (χ0) is 13.2. The lowest BCUT2D eigenvalue weighted by atomic mass is 10.0. The molecule has 0 saturated carbocycles. The Bertz CT molecular complexity index is 601. The molecular formula is C14H18N4O. The third-order valence-electron chi connectivity index (χ3n) is 3.63. The Morgan fingerprint density at radius 1 is 1.47 bits per heavy atom. The van der Waals surface area contributed by atoms with Gasteiger partial charge in [-0.05, 0) is 19.1 Å². The first kappa shape index (κ1) is 12.2. The van der Waals surface area contributed by atoms with Crippen molar-refractivity contribution < 1.29 is 4.79 Å². The van der Waals surface area contributed by atoms with Gasteiger partial charge in [0, 0.05) is 26.2 Å². The second kappa shape index (κ2) is 5.01. The van der Waals surface area contributed by atoms with Crippen LogP contribution in [0.15, 0.2) is 24.3 Å². The van der Waals surface area contributed by atoms with Gasteiger partial charge in [-0.2, -0.15) is 0 Å². The molecule has 0 bridgehead atoms. The van der Waals surface area contributed by atoms with Crippen molar-refractivity contribution in [3.05, 3.63) is 30.1 Å². The summed E-state index contributed by atoms with van der Waals surface area (Å²) in [6, 6.07) is 8.08. The van der Waals surface area contributed by atoms with Gasteiger partial charge in [0.1, 0.15) is 5.82 Å². The Morgan fingerprint density at radius 3 is 3.00 bits per heavy atom. The normalized spacial score (nSPS) is 15.4. The number of para-hydroxylation sites is 2. The molecule has 0 radical (unpaired) electrons. The van der Waals surface area contributed by atoms with Crippen molar-refractivity contribution in [2.45, 2.75) is 13.5 Å². The Labute approximate surface area is 112 Å². The molecule has 3 rings (SSSR count). The zero-order valence-corrected chi connectivity index (χ0v) is 11.0. The van der Waals surface area contributed by atoms with E-state index in [9.17, 15) is 4.79 Å². The number of hydrogen-bond acceptors (Lipinski definition) is 3. The highest BCUT2D eigenvalue weighted by Crippen LogP contribution is 2.14. The summed E-state index contributed by atoms with van der Waals surface area (Å²) in [5.41, 5.74) is 2.13. The predicted molar refractivity (Wildman–Crippen MR) is 73.8 cm³/mol. The lowest BCUT2D eigenvalue weighted by Gasteiger charge is -2.25. The van der Waals surface area contributed by atoms with Gasteiger partial charge in [-0.3, -0.25) is 4.79 Å². The second-order valence-electron chi connectivity index (χ2n) is 4.95. The van der Waals surface area contributed by atoms with Crippen LogP contribution < -0.4 is 10.6 Å². The van der Waals surface area contributed by atoms with Crippen LogP contribution in [0.2, 0.25) is 0 Å². The van der Waals surface area contributed by atoms with Crippen LogP contribution in [0.4, 0.5) is 0 Å². The number of carbonyl (C=O) groups excluding carboxylic acids is 1. The van der Waals surface area contributed by atoms with E-state index in [1.54, 1.807) is 0 Å². The Morgan fingerprint density at radius 2 is 2.26 bits per heavy atom. The van der Waals surface area contributed by atoms with Crippen molar-refractivity contribution >= 4 is 16.9 Å². The second-order valence-corrected chi connectivity index (χ2v) is 4.95. The Balaban J connectivity index is 1.64. The number of carbonyl (C=O) groups is 1. The van der Waals surface area contributed by atoms with Crippen LogP contribution in [-0.4, -0.2) is 35.1 Å². The molecule has 0 aliphatic carbocycles. The van der Waals surface area contributed by atoms with Crippen molar-refractivity contribution in [3.63, 3.8) is 0 Å². The van der Waals surface area contributed by atoms with Gasteiger partial charge in [-0.1, -0.05) is 12.1 Å². The highest BCUT2D eigenvalue weighted by atomic mass is 16.2. The molecule has 1 aliphatic heterocycles. The van der Waals surface area contributed by atoms with Crippen molar-refractivity contribution in [2.75, 3.05) is 19.6 Å². The fraction of sp³-hybridized carbons (Fsp3) is 0.429. The topological polar surface area (TPSA) is 59.0 Å². The summed E-state index contributed by atoms with van der Waals surface area (Å²) in [5, 5.41) is 6.09. The smallest absolute Gasteiger partial charge is 0.225 e. The molecule has 0 atom stereocenters. The largest absolute Gasteiger partial charge is 0.354 e. The fourth-order valence-electron chi connectivity index (χ4n) is 2.39. The first-order valence-electron chi connectivity index (χ1n) is 6.66. The van der Waals surface area contributed by atoms with Crippen LogP contribution in [0.5, 0.6) is 0 Å². The highest BCUT2D eigenvalue weighted by Gasteiger charge is 2.24. The molecular weight excluding hydrogens is 240 g/mol. The van der Waals surface area contributed by atoms with Gasteiger partial charge in [0.2, 0.25) is 5.91 Å². The molecule has 100 valence electrons. The maximum absolute atomic E-state index is 11.7. The standard InChI is InChI=1S/C14H18N4O/c1-10-17-12-4-2-3-5-13(12)18(10)7-6-16-14(19)11-8-15-9-11/h2-5,11,15H,6-9H2,1H3,(H,16,19). The van der Waals surface area contributed by atoms with Crippen LogP contribution in [0.1, 0.15) is 5.82 Å². The van der Waals surface area contributed by atoms with E-state index in [2.05, 4.69) is 26.3 Å². The van der Waals surface area contributed by atoms with Gasteiger partial charge in [0.15, 0.2) is 0 Å². The molecule has 2 N–H and O–H groups in total.